The van der Waals surface area contributed by atoms with Crippen LogP contribution >= 0.6 is 0 Å². The van der Waals surface area contributed by atoms with E-state index < -0.39 is 0 Å². The summed E-state index contributed by atoms with van der Waals surface area (Å²) in [5.41, 5.74) is 0. The maximum Gasteiger partial charge on any atom is 1.00 e. The molecule has 0 aliphatic rings. The number of hydrogen-bond donors (Lipinski definition) is 0. The third-order valence-electron chi connectivity index (χ3n) is 1.12. The second-order valence-electron chi connectivity index (χ2n) is 3.45. The summed E-state index contributed by atoms with van der Waals surface area (Å²) in [6, 6.07) is 0. The van der Waals surface area contributed by atoms with E-state index in [9.17, 15) is 5.11 Å². The standard InChI is InChI=1S/C6H14O.C4H9O.Al/c1-5(2)7-6(3)4;1-3-4(2)5;/h5-6H,1-4H3;4H,3H2,1-2H3;/q;-1;+1. The summed E-state index contributed by atoms with van der Waals surface area (Å²) >= 11 is 0. The van der Waals surface area contributed by atoms with Gasteiger partial charge in [-0.15, -0.1) is 6.10 Å². The van der Waals surface area contributed by atoms with Crippen molar-refractivity contribution in [1.82, 2.24) is 0 Å². The van der Waals surface area contributed by atoms with Gasteiger partial charge < -0.3 is 9.84 Å². The average Bonchev–Trinajstić information content (AvgIpc) is 1.85. The Morgan fingerprint density at radius 1 is 1.00 bits per heavy atom. The van der Waals surface area contributed by atoms with Gasteiger partial charge in [0.2, 0.25) is 0 Å². The van der Waals surface area contributed by atoms with Crippen LogP contribution in [-0.2, 0) is 4.74 Å². The average molecular weight is 202 g/mol. The van der Waals surface area contributed by atoms with E-state index in [-0.39, 0.29) is 23.5 Å². The minimum Gasteiger partial charge on any atom is -0.852 e. The summed E-state index contributed by atoms with van der Waals surface area (Å²) in [6.07, 6.45) is 1.13. The van der Waals surface area contributed by atoms with Crippen molar-refractivity contribution in [1.29, 1.82) is 0 Å². The third kappa shape index (κ3) is 32.7. The molecule has 0 rings (SSSR count). The zero-order chi connectivity index (χ0) is 10.1. The molecule has 0 aromatic heterocycles. The van der Waals surface area contributed by atoms with E-state index in [1.54, 1.807) is 6.92 Å². The number of rotatable bonds is 3. The Bertz CT molecular complexity index is 77.0. The van der Waals surface area contributed by atoms with Crippen LogP contribution in [0, 0.1) is 0 Å². The van der Waals surface area contributed by atoms with Crippen molar-refractivity contribution >= 4 is 17.4 Å². The maximum absolute atomic E-state index is 9.90. The fraction of sp³-hybridized carbons (Fsp3) is 1.00. The summed E-state index contributed by atoms with van der Waals surface area (Å²) in [6.45, 7) is 11.7. The Balaban J connectivity index is -0.000000150. The molecule has 0 aliphatic carbocycles. The quantitative estimate of drug-likeness (QED) is 0.651. The van der Waals surface area contributed by atoms with Crippen molar-refractivity contribution in [2.75, 3.05) is 0 Å². The first-order chi connectivity index (χ1) is 5.40. The first kappa shape index (κ1) is 19.1. The normalized spacial score (nSPS) is 11.8. The fourth-order valence-corrected chi connectivity index (χ4v) is 0.544. The monoisotopic (exact) mass is 202 g/mol. The van der Waals surface area contributed by atoms with Crippen LogP contribution in [0.1, 0.15) is 48.0 Å². The Morgan fingerprint density at radius 2 is 1.23 bits per heavy atom. The fourth-order valence-electron chi connectivity index (χ4n) is 0.544. The molecule has 78 valence electrons. The minimum absolute atomic E-state index is 0. The summed E-state index contributed by atoms with van der Waals surface area (Å²) in [5, 5.41) is 9.90. The molecule has 0 aliphatic heterocycles. The molecule has 0 heterocycles. The topological polar surface area (TPSA) is 32.3 Å². The molecule has 0 amide bonds. The predicted molar refractivity (Wildman–Crippen MR) is 56.9 cm³/mol. The maximum atomic E-state index is 9.90. The van der Waals surface area contributed by atoms with E-state index in [1.807, 2.05) is 34.6 Å². The molecule has 0 aromatic rings. The van der Waals surface area contributed by atoms with Gasteiger partial charge in [-0.3, -0.25) is 0 Å². The van der Waals surface area contributed by atoms with Gasteiger partial charge in [-0.2, -0.15) is 0 Å². The Morgan fingerprint density at radius 3 is 1.23 bits per heavy atom. The van der Waals surface area contributed by atoms with Gasteiger partial charge in [-0.1, -0.05) is 20.3 Å². The molecule has 1 unspecified atom stereocenters. The second-order valence-corrected chi connectivity index (χ2v) is 3.45. The minimum atomic E-state index is -0.366. The molecule has 0 N–H and O–H groups in total. The third-order valence-corrected chi connectivity index (χ3v) is 1.12. The zero-order valence-electron chi connectivity index (χ0n) is 9.83. The first-order valence-electron chi connectivity index (χ1n) is 4.71. The zero-order valence-corrected chi connectivity index (χ0v) is 11.0. The van der Waals surface area contributed by atoms with Gasteiger partial charge in [-0.05, 0) is 27.7 Å². The molecular weight excluding hydrogens is 179 g/mol. The van der Waals surface area contributed by atoms with Gasteiger partial charge in [-0.25, -0.2) is 0 Å². The molecule has 1 atom stereocenters. The van der Waals surface area contributed by atoms with E-state index in [0.29, 0.717) is 12.2 Å². The van der Waals surface area contributed by atoms with Gasteiger partial charge in [0.05, 0.1) is 12.2 Å². The van der Waals surface area contributed by atoms with Crippen molar-refractivity contribution in [2.45, 2.75) is 66.3 Å². The van der Waals surface area contributed by atoms with Crippen molar-refractivity contribution in [3.8, 4) is 0 Å². The van der Waals surface area contributed by atoms with Gasteiger partial charge in [0, 0.05) is 0 Å². The molecule has 2 nitrogen and oxygen atoms in total. The summed E-state index contributed by atoms with van der Waals surface area (Å²) in [5.74, 6) is 0. The summed E-state index contributed by atoms with van der Waals surface area (Å²) in [7, 11) is 0. The van der Waals surface area contributed by atoms with Crippen LogP contribution in [0.25, 0.3) is 0 Å². The van der Waals surface area contributed by atoms with Crippen LogP contribution in [0.2, 0.25) is 0 Å². The molecule has 0 saturated heterocycles. The summed E-state index contributed by atoms with van der Waals surface area (Å²) < 4.78 is 5.25. The van der Waals surface area contributed by atoms with E-state index in [1.165, 1.54) is 0 Å². The molecular formula is C10H23AlO2. The van der Waals surface area contributed by atoms with Crippen LogP contribution in [0.5, 0.6) is 0 Å². The van der Waals surface area contributed by atoms with Crippen LogP contribution < -0.4 is 5.11 Å². The van der Waals surface area contributed by atoms with Crippen molar-refractivity contribution in [2.24, 2.45) is 0 Å². The van der Waals surface area contributed by atoms with Crippen LogP contribution in [0.4, 0.5) is 0 Å². The number of ether oxygens (including phenoxy) is 1. The molecule has 2 radical (unpaired) electrons. The van der Waals surface area contributed by atoms with Crippen molar-refractivity contribution < 1.29 is 9.84 Å². The molecule has 3 heteroatoms. The van der Waals surface area contributed by atoms with Gasteiger partial charge in [0.25, 0.3) is 0 Å². The second kappa shape index (κ2) is 12.5. The van der Waals surface area contributed by atoms with Crippen molar-refractivity contribution in [3.63, 3.8) is 0 Å². The summed E-state index contributed by atoms with van der Waals surface area (Å²) in [4.78, 5) is 0. The number of hydrogen-bond acceptors (Lipinski definition) is 2. The van der Waals surface area contributed by atoms with E-state index in [0.717, 1.165) is 6.42 Å². The molecule has 0 saturated carbocycles. The van der Waals surface area contributed by atoms with Crippen LogP contribution in [0.3, 0.4) is 0 Å². The molecule has 0 spiro atoms. The smallest absolute Gasteiger partial charge is 0.852 e. The Kier molecular flexibility index (Phi) is 18.3. The molecule has 0 aromatic carbocycles. The Labute approximate surface area is 93.8 Å². The molecule has 13 heavy (non-hydrogen) atoms. The van der Waals surface area contributed by atoms with E-state index in [4.69, 9.17) is 4.74 Å². The van der Waals surface area contributed by atoms with Crippen LogP contribution in [-0.4, -0.2) is 35.7 Å². The van der Waals surface area contributed by atoms with Gasteiger partial charge >= 0.3 is 17.4 Å². The van der Waals surface area contributed by atoms with E-state index in [2.05, 4.69) is 0 Å². The molecule has 0 bridgehead atoms. The van der Waals surface area contributed by atoms with Gasteiger partial charge in [0.1, 0.15) is 0 Å². The first-order valence-corrected chi connectivity index (χ1v) is 4.71. The van der Waals surface area contributed by atoms with Crippen LogP contribution in [0.15, 0.2) is 0 Å². The largest absolute Gasteiger partial charge is 1.00 e. The van der Waals surface area contributed by atoms with Crippen molar-refractivity contribution in [3.05, 3.63) is 0 Å². The van der Waals surface area contributed by atoms with Gasteiger partial charge in [0.15, 0.2) is 0 Å². The predicted octanol–water partition coefficient (Wildman–Crippen LogP) is 1.58. The molecule has 0 fully saturated rings. The Hall–Kier alpha value is 0.452. The van der Waals surface area contributed by atoms with E-state index >= 15 is 0 Å². The SMILES string of the molecule is CC(C)OC(C)C.CCC(C)[O-].[Al+].